The second kappa shape index (κ2) is 4.74. The minimum absolute atomic E-state index is 0.743. The van der Waals surface area contributed by atoms with E-state index in [0.29, 0.717) is 0 Å². The highest BCUT2D eigenvalue weighted by Crippen LogP contribution is 2.17. The molecule has 0 unspecified atom stereocenters. The van der Waals surface area contributed by atoms with Gasteiger partial charge in [0.25, 0.3) is 0 Å². The number of hydrogen-bond acceptors (Lipinski definition) is 5. The Kier molecular flexibility index (Phi) is 3.09. The molecule has 0 fully saturated rings. The van der Waals surface area contributed by atoms with Gasteiger partial charge in [-0.2, -0.15) is 0 Å². The van der Waals surface area contributed by atoms with Gasteiger partial charge in [-0.1, -0.05) is 0 Å². The second-order valence-electron chi connectivity index (χ2n) is 4.64. The highest BCUT2D eigenvalue weighted by atomic mass is 32.1. The Balaban J connectivity index is 1.91. The molecule has 94 valence electrons. The number of thiazole rings is 1. The van der Waals surface area contributed by atoms with E-state index in [1.807, 2.05) is 6.92 Å². The maximum atomic E-state index is 4.67. The minimum atomic E-state index is 0.743. The average molecular weight is 260 g/mol. The fourth-order valence-electron chi connectivity index (χ4n) is 2.31. The third-order valence-corrected chi connectivity index (χ3v) is 4.13. The van der Waals surface area contributed by atoms with Crippen LogP contribution in [0.2, 0.25) is 0 Å². The summed E-state index contributed by atoms with van der Waals surface area (Å²) in [6.45, 7) is 6.00. The van der Waals surface area contributed by atoms with Crippen LogP contribution in [0, 0.1) is 13.8 Å². The van der Waals surface area contributed by atoms with Gasteiger partial charge in [-0.05, 0) is 32.4 Å². The van der Waals surface area contributed by atoms with Gasteiger partial charge in [0, 0.05) is 23.3 Å². The molecular formula is C13H16N4S. The van der Waals surface area contributed by atoms with Gasteiger partial charge in [0.05, 0.1) is 12.1 Å². The molecule has 18 heavy (non-hydrogen) atoms. The highest BCUT2D eigenvalue weighted by Gasteiger charge is 2.15. The van der Waals surface area contributed by atoms with Crippen molar-refractivity contribution in [1.82, 2.24) is 20.3 Å². The van der Waals surface area contributed by atoms with E-state index in [2.05, 4.69) is 32.6 Å². The Labute approximate surface area is 111 Å². The molecule has 0 aromatic carbocycles. The van der Waals surface area contributed by atoms with Crippen LogP contribution in [-0.4, -0.2) is 21.5 Å². The van der Waals surface area contributed by atoms with E-state index >= 15 is 0 Å². The molecule has 0 amide bonds. The van der Waals surface area contributed by atoms with Gasteiger partial charge >= 0.3 is 0 Å². The number of nitrogens with one attached hydrogen (secondary N) is 1. The smallest absolute Gasteiger partial charge is 0.135 e. The Morgan fingerprint density at radius 1 is 1.28 bits per heavy atom. The molecule has 0 saturated heterocycles. The van der Waals surface area contributed by atoms with E-state index in [1.54, 1.807) is 11.3 Å². The SMILES string of the molecule is Cc1csc(Cc2nc(C)c3c(n2)CNCC3)n1. The summed E-state index contributed by atoms with van der Waals surface area (Å²) in [5.74, 6) is 0.893. The Morgan fingerprint density at radius 3 is 2.94 bits per heavy atom. The molecule has 0 spiro atoms. The first-order chi connectivity index (χ1) is 8.72. The van der Waals surface area contributed by atoms with Crippen molar-refractivity contribution in [2.24, 2.45) is 0 Å². The monoisotopic (exact) mass is 260 g/mol. The van der Waals surface area contributed by atoms with Crippen molar-refractivity contribution < 1.29 is 0 Å². The number of fused-ring (bicyclic) bond motifs is 1. The van der Waals surface area contributed by atoms with Crippen LogP contribution in [0.5, 0.6) is 0 Å². The number of nitrogens with zero attached hydrogens (tertiary/aromatic N) is 3. The molecule has 0 bridgehead atoms. The van der Waals surface area contributed by atoms with Crippen molar-refractivity contribution in [1.29, 1.82) is 0 Å². The highest BCUT2D eigenvalue weighted by molar-refractivity contribution is 7.09. The van der Waals surface area contributed by atoms with E-state index in [9.17, 15) is 0 Å². The Bertz CT molecular complexity index is 576. The molecule has 3 heterocycles. The molecule has 5 heteroatoms. The molecule has 3 rings (SSSR count). The maximum Gasteiger partial charge on any atom is 0.135 e. The lowest BCUT2D eigenvalue weighted by molar-refractivity contribution is 0.613. The number of rotatable bonds is 2. The zero-order chi connectivity index (χ0) is 12.5. The number of aromatic nitrogens is 3. The van der Waals surface area contributed by atoms with Crippen LogP contribution in [0.15, 0.2) is 5.38 Å². The van der Waals surface area contributed by atoms with Crippen molar-refractivity contribution in [2.75, 3.05) is 6.54 Å². The Hall–Kier alpha value is -1.33. The lowest BCUT2D eigenvalue weighted by Gasteiger charge is -2.18. The van der Waals surface area contributed by atoms with Crippen molar-refractivity contribution in [2.45, 2.75) is 33.2 Å². The predicted octanol–water partition coefficient (Wildman–Crippen LogP) is 1.79. The zero-order valence-electron chi connectivity index (χ0n) is 10.7. The lowest BCUT2D eigenvalue weighted by Crippen LogP contribution is -2.26. The molecule has 0 aliphatic carbocycles. The normalized spacial score (nSPS) is 14.6. The third-order valence-electron chi connectivity index (χ3n) is 3.17. The average Bonchev–Trinajstić information content (AvgIpc) is 2.75. The van der Waals surface area contributed by atoms with E-state index in [-0.39, 0.29) is 0 Å². The van der Waals surface area contributed by atoms with Gasteiger partial charge in [0.15, 0.2) is 0 Å². The molecular weight excluding hydrogens is 244 g/mol. The van der Waals surface area contributed by atoms with Crippen LogP contribution in [0.4, 0.5) is 0 Å². The summed E-state index contributed by atoms with van der Waals surface area (Å²) in [6, 6.07) is 0. The Morgan fingerprint density at radius 2 is 2.17 bits per heavy atom. The van der Waals surface area contributed by atoms with Crippen molar-refractivity contribution in [3.63, 3.8) is 0 Å². The van der Waals surface area contributed by atoms with Crippen LogP contribution in [0.1, 0.15) is 33.5 Å². The van der Waals surface area contributed by atoms with Gasteiger partial charge < -0.3 is 5.32 Å². The standard InChI is InChI=1S/C13H16N4S/c1-8-7-18-13(15-8)5-12-16-9(2)10-3-4-14-6-11(10)17-12/h7,14H,3-6H2,1-2H3. The summed E-state index contributed by atoms with van der Waals surface area (Å²) in [5.41, 5.74) is 4.70. The third kappa shape index (κ3) is 2.28. The molecule has 1 aliphatic rings. The quantitative estimate of drug-likeness (QED) is 0.894. The summed E-state index contributed by atoms with van der Waals surface area (Å²) in [6.07, 6.45) is 1.78. The summed E-state index contributed by atoms with van der Waals surface area (Å²) >= 11 is 1.68. The van der Waals surface area contributed by atoms with Crippen LogP contribution in [0.25, 0.3) is 0 Å². The molecule has 1 N–H and O–H groups in total. The molecule has 1 aliphatic heterocycles. The topological polar surface area (TPSA) is 50.7 Å². The van der Waals surface area contributed by atoms with Crippen LogP contribution in [0.3, 0.4) is 0 Å². The molecule has 0 saturated carbocycles. The van der Waals surface area contributed by atoms with E-state index in [1.165, 1.54) is 5.56 Å². The van der Waals surface area contributed by atoms with E-state index in [4.69, 9.17) is 0 Å². The lowest BCUT2D eigenvalue weighted by atomic mass is 10.0. The van der Waals surface area contributed by atoms with E-state index in [0.717, 1.165) is 53.8 Å². The van der Waals surface area contributed by atoms with Gasteiger partial charge in [-0.25, -0.2) is 15.0 Å². The molecule has 0 atom stereocenters. The first-order valence-electron chi connectivity index (χ1n) is 6.19. The van der Waals surface area contributed by atoms with E-state index < -0.39 is 0 Å². The van der Waals surface area contributed by atoms with Gasteiger partial charge in [-0.15, -0.1) is 11.3 Å². The van der Waals surface area contributed by atoms with Gasteiger partial charge in [0.2, 0.25) is 0 Å². The predicted molar refractivity (Wildman–Crippen MR) is 71.8 cm³/mol. The van der Waals surface area contributed by atoms with Gasteiger partial charge in [-0.3, -0.25) is 0 Å². The van der Waals surface area contributed by atoms with Crippen molar-refractivity contribution >= 4 is 11.3 Å². The summed E-state index contributed by atoms with van der Waals surface area (Å²) < 4.78 is 0. The minimum Gasteiger partial charge on any atom is -0.311 e. The van der Waals surface area contributed by atoms with Crippen molar-refractivity contribution in [3.05, 3.63) is 38.9 Å². The number of hydrogen-bond donors (Lipinski definition) is 1. The van der Waals surface area contributed by atoms with Crippen molar-refractivity contribution in [3.8, 4) is 0 Å². The fraction of sp³-hybridized carbons (Fsp3) is 0.462. The maximum absolute atomic E-state index is 4.67. The molecule has 2 aromatic heterocycles. The molecule has 0 radical (unpaired) electrons. The summed E-state index contributed by atoms with van der Waals surface area (Å²) in [7, 11) is 0. The second-order valence-corrected chi connectivity index (χ2v) is 5.58. The largest absolute Gasteiger partial charge is 0.311 e. The molecule has 2 aromatic rings. The van der Waals surface area contributed by atoms with Crippen LogP contribution in [-0.2, 0) is 19.4 Å². The number of aryl methyl sites for hydroxylation is 2. The van der Waals surface area contributed by atoms with Gasteiger partial charge in [0.1, 0.15) is 10.8 Å². The fourth-order valence-corrected chi connectivity index (χ4v) is 3.08. The van der Waals surface area contributed by atoms with Crippen LogP contribution >= 0.6 is 11.3 Å². The van der Waals surface area contributed by atoms with Crippen LogP contribution < -0.4 is 5.32 Å². The molecule has 4 nitrogen and oxygen atoms in total. The summed E-state index contributed by atoms with van der Waals surface area (Å²) in [4.78, 5) is 13.8. The first kappa shape index (κ1) is 11.7. The summed E-state index contributed by atoms with van der Waals surface area (Å²) in [5, 5.41) is 6.52. The first-order valence-corrected chi connectivity index (χ1v) is 7.07. The zero-order valence-corrected chi connectivity index (χ0v) is 11.5.